The molecule has 2 heteroatoms. The number of rotatable bonds is 4. The molecule has 0 heterocycles. The summed E-state index contributed by atoms with van der Waals surface area (Å²) in [7, 11) is 0. The largest absolute Gasteiger partial charge is 0.392 e. The highest BCUT2D eigenvalue weighted by Gasteiger charge is 2.25. The molecule has 2 rings (SSSR count). The molecule has 2 aromatic rings. The Morgan fingerprint density at radius 1 is 0.842 bits per heavy atom. The van der Waals surface area contributed by atoms with Crippen LogP contribution in [0.5, 0.6) is 0 Å². The molecule has 0 amide bonds. The molecule has 0 aliphatic carbocycles. The maximum Gasteiger partial charge on any atom is 0.123 e. The van der Waals surface area contributed by atoms with Gasteiger partial charge in [-0.25, -0.2) is 4.39 Å². The van der Waals surface area contributed by atoms with E-state index in [1.165, 1.54) is 12.1 Å². The minimum atomic E-state index is -0.493. The lowest BCUT2D eigenvalue weighted by Gasteiger charge is -2.26. The van der Waals surface area contributed by atoms with Crippen LogP contribution in [-0.2, 0) is 0 Å². The Balaban J connectivity index is 2.43. The van der Waals surface area contributed by atoms with E-state index in [1.807, 2.05) is 44.2 Å². The third kappa shape index (κ3) is 3.21. The van der Waals surface area contributed by atoms with Crippen LogP contribution in [0.1, 0.15) is 30.9 Å². The van der Waals surface area contributed by atoms with Gasteiger partial charge in [-0.3, -0.25) is 0 Å². The van der Waals surface area contributed by atoms with Crippen LogP contribution in [0.4, 0.5) is 4.39 Å². The van der Waals surface area contributed by atoms with Crippen LogP contribution < -0.4 is 0 Å². The molecule has 0 spiro atoms. The molecule has 0 radical (unpaired) electrons. The summed E-state index contributed by atoms with van der Waals surface area (Å²) in [5, 5.41) is 10.5. The van der Waals surface area contributed by atoms with Gasteiger partial charge in [-0.1, -0.05) is 56.3 Å². The SMILES string of the molecule is CC(C)C(O)C(c1ccccc1)c1ccc(F)cc1. The van der Waals surface area contributed by atoms with Crippen molar-refractivity contribution in [3.8, 4) is 0 Å². The quantitative estimate of drug-likeness (QED) is 0.879. The molecule has 1 nitrogen and oxygen atoms in total. The topological polar surface area (TPSA) is 20.2 Å². The summed E-state index contributed by atoms with van der Waals surface area (Å²) < 4.78 is 13.0. The zero-order chi connectivity index (χ0) is 13.8. The molecule has 0 saturated carbocycles. The molecule has 0 aliphatic rings. The fraction of sp³-hybridized carbons (Fsp3) is 0.294. The summed E-state index contributed by atoms with van der Waals surface area (Å²) >= 11 is 0. The number of aliphatic hydroxyl groups is 1. The zero-order valence-corrected chi connectivity index (χ0v) is 11.3. The Kier molecular flexibility index (Phi) is 4.33. The predicted molar refractivity (Wildman–Crippen MR) is 75.5 cm³/mol. The van der Waals surface area contributed by atoms with E-state index in [4.69, 9.17) is 0 Å². The van der Waals surface area contributed by atoms with Crippen LogP contribution >= 0.6 is 0 Å². The summed E-state index contributed by atoms with van der Waals surface area (Å²) in [5.41, 5.74) is 1.99. The Hall–Kier alpha value is -1.67. The van der Waals surface area contributed by atoms with Crippen molar-refractivity contribution in [1.82, 2.24) is 0 Å². The first kappa shape index (κ1) is 13.8. The fourth-order valence-electron chi connectivity index (χ4n) is 2.30. The summed E-state index contributed by atoms with van der Waals surface area (Å²) in [6.07, 6.45) is -0.493. The first-order chi connectivity index (χ1) is 9.09. The standard InChI is InChI=1S/C17H19FO/c1-12(2)17(19)16(13-6-4-3-5-7-13)14-8-10-15(18)11-9-14/h3-12,16-17,19H,1-2H3. The number of benzene rings is 2. The number of halogens is 1. The molecule has 1 N–H and O–H groups in total. The average molecular weight is 258 g/mol. The van der Waals surface area contributed by atoms with E-state index >= 15 is 0 Å². The van der Waals surface area contributed by atoms with E-state index < -0.39 is 6.10 Å². The second-order valence-electron chi connectivity index (χ2n) is 5.17. The smallest absolute Gasteiger partial charge is 0.123 e. The number of hydrogen-bond acceptors (Lipinski definition) is 1. The third-order valence-electron chi connectivity index (χ3n) is 3.41. The van der Waals surface area contributed by atoms with Crippen molar-refractivity contribution < 1.29 is 9.50 Å². The van der Waals surface area contributed by atoms with Gasteiger partial charge < -0.3 is 5.11 Å². The molecule has 0 aliphatic heterocycles. The maximum absolute atomic E-state index is 13.0. The lowest BCUT2D eigenvalue weighted by Crippen LogP contribution is -2.25. The van der Waals surface area contributed by atoms with E-state index in [0.29, 0.717) is 0 Å². The summed E-state index contributed by atoms with van der Waals surface area (Å²) in [5.74, 6) is -0.244. The lowest BCUT2D eigenvalue weighted by molar-refractivity contribution is 0.108. The van der Waals surface area contributed by atoms with Gasteiger partial charge >= 0.3 is 0 Å². The molecule has 0 aromatic heterocycles. The van der Waals surface area contributed by atoms with Gasteiger partial charge in [0, 0.05) is 5.92 Å². The molecule has 0 saturated heterocycles. The molecule has 2 unspecified atom stereocenters. The third-order valence-corrected chi connectivity index (χ3v) is 3.41. The summed E-state index contributed by atoms with van der Waals surface area (Å²) in [6, 6.07) is 16.2. The van der Waals surface area contributed by atoms with Crippen LogP contribution in [0.25, 0.3) is 0 Å². The van der Waals surface area contributed by atoms with Crippen molar-refractivity contribution in [1.29, 1.82) is 0 Å². The van der Waals surface area contributed by atoms with Gasteiger partial charge in [0.25, 0.3) is 0 Å². The lowest BCUT2D eigenvalue weighted by atomic mass is 9.82. The Morgan fingerprint density at radius 3 is 1.89 bits per heavy atom. The van der Waals surface area contributed by atoms with Crippen molar-refractivity contribution in [3.05, 3.63) is 71.5 Å². The van der Waals surface area contributed by atoms with Crippen molar-refractivity contribution in [2.24, 2.45) is 5.92 Å². The highest BCUT2D eigenvalue weighted by atomic mass is 19.1. The van der Waals surface area contributed by atoms with Gasteiger partial charge in [0.05, 0.1) is 6.10 Å². The van der Waals surface area contributed by atoms with Crippen molar-refractivity contribution >= 4 is 0 Å². The second kappa shape index (κ2) is 5.98. The monoisotopic (exact) mass is 258 g/mol. The molecule has 0 bridgehead atoms. The van der Waals surface area contributed by atoms with Crippen molar-refractivity contribution in [3.63, 3.8) is 0 Å². The first-order valence-corrected chi connectivity index (χ1v) is 6.58. The Bertz CT molecular complexity index is 505. The van der Waals surface area contributed by atoms with Gasteiger partial charge in [-0.05, 0) is 29.2 Å². The molecule has 2 aromatic carbocycles. The minimum Gasteiger partial charge on any atom is -0.392 e. The van der Waals surface area contributed by atoms with Crippen LogP contribution in [0, 0.1) is 11.7 Å². The number of hydrogen-bond donors (Lipinski definition) is 1. The predicted octanol–water partition coefficient (Wildman–Crippen LogP) is 3.97. The minimum absolute atomic E-state index is 0.123. The van der Waals surface area contributed by atoms with Crippen LogP contribution in [-0.4, -0.2) is 11.2 Å². The van der Waals surface area contributed by atoms with E-state index in [-0.39, 0.29) is 17.7 Å². The van der Waals surface area contributed by atoms with Crippen LogP contribution in [0.15, 0.2) is 54.6 Å². The van der Waals surface area contributed by atoms with Gasteiger partial charge in [-0.15, -0.1) is 0 Å². The molecule has 0 fully saturated rings. The molecule has 2 atom stereocenters. The Labute approximate surface area is 113 Å². The van der Waals surface area contributed by atoms with Gasteiger partial charge in [0.1, 0.15) is 5.82 Å². The van der Waals surface area contributed by atoms with Crippen LogP contribution in [0.3, 0.4) is 0 Å². The van der Waals surface area contributed by atoms with E-state index in [9.17, 15) is 9.50 Å². The molecular formula is C17H19FO. The fourth-order valence-corrected chi connectivity index (χ4v) is 2.30. The average Bonchev–Trinajstić information content (AvgIpc) is 2.42. The van der Waals surface area contributed by atoms with Gasteiger partial charge in [0.15, 0.2) is 0 Å². The summed E-state index contributed by atoms with van der Waals surface area (Å²) in [6.45, 7) is 3.98. The van der Waals surface area contributed by atoms with E-state index in [0.717, 1.165) is 11.1 Å². The molecule has 19 heavy (non-hydrogen) atoms. The van der Waals surface area contributed by atoms with Crippen molar-refractivity contribution in [2.75, 3.05) is 0 Å². The van der Waals surface area contributed by atoms with Gasteiger partial charge in [0.2, 0.25) is 0 Å². The maximum atomic E-state index is 13.0. The normalized spacial score (nSPS) is 14.4. The van der Waals surface area contributed by atoms with Gasteiger partial charge in [-0.2, -0.15) is 0 Å². The summed E-state index contributed by atoms with van der Waals surface area (Å²) in [4.78, 5) is 0. The second-order valence-corrected chi connectivity index (χ2v) is 5.17. The Morgan fingerprint density at radius 2 is 1.37 bits per heavy atom. The zero-order valence-electron chi connectivity index (χ0n) is 11.3. The van der Waals surface area contributed by atoms with E-state index in [1.54, 1.807) is 12.1 Å². The molecule has 100 valence electrons. The van der Waals surface area contributed by atoms with Crippen molar-refractivity contribution in [2.45, 2.75) is 25.9 Å². The highest BCUT2D eigenvalue weighted by molar-refractivity contribution is 5.34. The van der Waals surface area contributed by atoms with E-state index in [2.05, 4.69) is 0 Å². The highest BCUT2D eigenvalue weighted by Crippen LogP contribution is 2.31. The molecular weight excluding hydrogens is 239 g/mol. The van der Waals surface area contributed by atoms with Crippen LogP contribution in [0.2, 0.25) is 0 Å². The first-order valence-electron chi connectivity index (χ1n) is 6.58. The number of aliphatic hydroxyl groups excluding tert-OH is 1.